The van der Waals surface area contributed by atoms with Crippen LogP contribution in [0.25, 0.3) is 0 Å². The average Bonchev–Trinajstić information content (AvgIpc) is 3.48. The van der Waals surface area contributed by atoms with E-state index in [1.165, 1.54) is 12.1 Å². The van der Waals surface area contributed by atoms with Gasteiger partial charge in [0.25, 0.3) is 11.8 Å². The SMILES string of the molecule is O=C(c1noc2c1CCCC2)N1CCC2(CC1)OC1CC[C@@H](c3cc(F)cc(F)c3)N1C2=O. The van der Waals surface area contributed by atoms with Crippen molar-refractivity contribution in [2.75, 3.05) is 13.1 Å². The topological polar surface area (TPSA) is 75.9 Å². The zero-order valence-corrected chi connectivity index (χ0v) is 18.2. The first-order valence-corrected chi connectivity index (χ1v) is 11.7. The number of piperidine rings is 1. The highest BCUT2D eigenvalue weighted by molar-refractivity contribution is 5.94. The van der Waals surface area contributed by atoms with Crippen molar-refractivity contribution < 1.29 is 27.6 Å². The molecule has 33 heavy (non-hydrogen) atoms. The molecule has 3 fully saturated rings. The van der Waals surface area contributed by atoms with Gasteiger partial charge in [-0.15, -0.1) is 0 Å². The zero-order chi connectivity index (χ0) is 22.7. The maximum Gasteiger partial charge on any atom is 0.276 e. The number of carbonyl (C=O) groups excluding carboxylic acids is 2. The number of carbonyl (C=O) groups is 2. The Labute approximate surface area is 189 Å². The maximum atomic E-state index is 13.8. The van der Waals surface area contributed by atoms with Crippen molar-refractivity contribution >= 4 is 11.8 Å². The van der Waals surface area contributed by atoms with Crippen LogP contribution >= 0.6 is 0 Å². The van der Waals surface area contributed by atoms with Crippen LogP contribution in [-0.4, -0.2) is 51.7 Å². The summed E-state index contributed by atoms with van der Waals surface area (Å²) >= 11 is 0. The van der Waals surface area contributed by atoms with Gasteiger partial charge < -0.3 is 19.1 Å². The van der Waals surface area contributed by atoms with Crippen molar-refractivity contribution in [3.63, 3.8) is 0 Å². The fraction of sp³-hybridized carbons (Fsp3) is 0.542. The molecule has 1 unspecified atom stereocenters. The number of hydrogen-bond donors (Lipinski definition) is 0. The van der Waals surface area contributed by atoms with E-state index in [-0.39, 0.29) is 11.8 Å². The molecule has 1 aromatic heterocycles. The molecule has 3 saturated heterocycles. The summed E-state index contributed by atoms with van der Waals surface area (Å²) < 4.78 is 39.2. The summed E-state index contributed by atoms with van der Waals surface area (Å²) in [6.07, 6.45) is 5.26. The summed E-state index contributed by atoms with van der Waals surface area (Å²) in [6, 6.07) is 2.99. The number of ether oxygens (including phenoxy) is 1. The van der Waals surface area contributed by atoms with Gasteiger partial charge in [-0.05, 0) is 49.8 Å². The molecular formula is C24H25F2N3O4. The Bertz CT molecular complexity index is 1100. The number of benzene rings is 1. The standard InChI is InChI=1S/C24H25F2N3O4/c25-15-11-14(12-16(26)13-15)18-5-6-20-29(18)23(31)24(32-20)7-9-28(10-8-24)22(30)21-17-3-1-2-4-19(17)33-27-21/h11-13,18,20H,1-10H2/t18-,20?/m0/s1. The van der Waals surface area contributed by atoms with Gasteiger partial charge >= 0.3 is 0 Å². The van der Waals surface area contributed by atoms with Gasteiger partial charge in [0.05, 0.1) is 6.04 Å². The number of nitrogens with zero attached hydrogens (tertiary/aromatic N) is 3. The predicted molar refractivity (Wildman–Crippen MR) is 111 cm³/mol. The van der Waals surface area contributed by atoms with Crippen molar-refractivity contribution in [1.29, 1.82) is 0 Å². The second-order valence-corrected chi connectivity index (χ2v) is 9.51. The van der Waals surface area contributed by atoms with Crippen molar-refractivity contribution in [2.45, 2.75) is 69.2 Å². The Morgan fingerprint density at radius 1 is 1.06 bits per heavy atom. The lowest BCUT2D eigenvalue weighted by Gasteiger charge is -2.37. The molecule has 3 aliphatic heterocycles. The molecule has 174 valence electrons. The fourth-order valence-electron chi connectivity index (χ4n) is 5.91. The Hall–Kier alpha value is -2.81. The van der Waals surface area contributed by atoms with Crippen LogP contribution in [0.5, 0.6) is 0 Å². The highest BCUT2D eigenvalue weighted by Gasteiger charge is 2.58. The number of rotatable bonds is 2. The largest absolute Gasteiger partial charge is 0.360 e. The van der Waals surface area contributed by atoms with E-state index in [1.54, 1.807) is 9.80 Å². The van der Waals surface area contributed by atoms with Gasteiger partial charge in [0.1, 0.15) is 23.6 Å². The van der Waals surface area contributed by atoms with Gasteiger partial charge in [0.15, 0.2) is 11.3 Å². The minimum atomic E-state index is -0.991. The molecule has 2 atom stereocenters. The lowest BCUT2D eigenvalue weighted by molar-refractivity contribution is -0.142. The highest BCUT2D eigenvalue weighted by atomic mass is 19.1. The molecule has 4 heterocycles. The summed E-state index contributed by atoms with van der Waals surface area (Å²) in [5.74, 6) is -0.801. The van der Waals surface area contributed by atoms with Crippen LogP contribution in [0.3, 0.4) is 0 Å². The normalized spacial score (nSPS) is 26.1. The van der Waals surface area contributed by atoms with Crippen LogP contribution in [-0.2, 0) is 22.4 Å². The number of aryl methyl sites for hydroxylation is 1. The van der Waals surface area contributed by atoms with E-state index in [4.69, 9.17) is 9.26 Å². The van der Waals surface area contributed by atoms with E-state index in [9.17, 15) is 18.4 Å². The minimum absolute atomic E-state index is 0.148. The van der Waals surface area contributed by atoms with Crippen LogP contribution < -0.4 is 0 Å². The molecule has 0 radical (unpaired) electrons. The van der Waals surface area contributed by atoms with E-state index < -0.39 is 29.5 Å². The van der Waals surface area contributed by atoms with E-state index in [0.29, 0.717) is 50.0 Å². The molecule has 2 amide bonds. The fourth-order valence-corrected chi connectivity index (χ4v) is 5.91. The lowest BCUT2D eigenvalue weighted by atomic mass is 9.89. The van der Waals surface area contributed by atoms with Crippen LogP contribution in [0.15, 0.2) is 22.7 Å². The van der Waals surface area contributed by atoms with Gasteiger partial charge in [-0.25, -0.2) is 8.78 Å². The van der Waals surface area contributed by atoms with E-state index in [0.717, 1.165) is 43.1 Å². The smallest absolute Gasteiger partial charge is 0.276 e. The lowest BCUT2D eigenvalue weighted by Crippen LogP contribution is -2.51. The predicted octanol–water partition coefficient (Wildman–Crippen LogP) is 3.53. The number of aromatic nitrogens is 1. The molecule has 0 saturated carbocycles. The van der Waals surface area contributed by atoms with Crippen molar-refractivity contribution in [2.24, 2.45) is 0 Å². The first-order chi connectivity index (χ1) is 15.9. The summed E-state index contributed by atoms with van der Waals surface area (Å²) in [6.45, 7) is 0.762. The third-order valence-electron chi connectivity index (χ3n) is 7.60. The first-order valence-electron chi connectivity index (χ1n) is 11.7. The number of halogens is 2. The Kier molecular flexibility index (Phi) is 4.79. The molecule has 2 aromatic rings. The molecule has 1 aliphatic carbocycles. The average molecular weight is 457 g/mol. The molecular weight excluding hydrogens is 432 g/mol. The highest BCUT2D eigenvalue weighted by Crippen LogP contribution is 2.48. The van der Waals surface area contributed by atoms with Gasteiger partial charge in [0, 0.05) is 44.0 Å². The van der Waals surface area contributed by atoms with Crippen LogP contribution in [0.2, 0.25) is 0 Å². The maximum absolute atomic E-state index is 13.8. The molecule has 6 rings (SSSR count). The van der Waals surface area contributed by atoms with E-state index >= 15 is 0 Å². The van der Waals surface area contributed by atoms with Crippen molar-refractivity contribution in [3.8, 4) is 0 Å². The van der Waals surface area contributed by atoms with Crippen LogP contribution in [0, 0.1) is 11.6 Å². The molecule has 0 N–H and O–H groups in total. The number of hydrogen-bond acceptors (Lipinski definition) is 5. The van der Waals surface area contributed by atoms with Crippen LogP contribution in [0.4, 0.5) is 8.78 Å². The summed E-state index contributed by atoms with van der Waals surface area (Å²) in [7, 11) is 0. The van der Waals surface area contributed by atoms with Gasteiger partial charge in [-0.2, -0.15) is 0 Å². The van der Waals surface area contributed by atoms with Crippen molar-refractivity contribution in [3.05, 3.63) is 52.4 Å². The number of amides is 2. The van der Waals surface area contributed by atoms with Crippen LogP contribution in [0.1, 0.15) is 71.9 Å². The van der Waals surface area contributed by atoms with E-state index in [2.05, 4.69) is 5.16 Å². The van der Waals surface area contributed by atoms with Gasteiger partial charge in [0.2, 0.25) is 0 Å². The number of likely N-dealkylation sites (tertiary alicyclic amines) is 1. The second-order valence-electron chi connectivity index (χ2n) is 9.51. The third kappa shape index (κ3) is 3.27. The van der Waals surface area contributed by atoms with Gasteiger partial charge in [-0.3, -0.25) is 9.59 Å². The summed E-state index contributed by atoms with van der Waals surface area (Å²) in [5, 5.41) is 4.05. The quantitative estimate of drug-likeness (QED) is 0.690. The van der Waals surface area contributed by atoms with E-state index in [1.807, 2.05) is 0 Å². The molecule has 1 spiro atoms. The Balaban J connectivity index is 1.18. The third-order valence-corrected chi connectivity index (χ3v) is 7.60. The first kappa shape index (κ1) is 20.8. The summed E-state index contributed by atoms with van der Waals surface area (Å²) in [4.78, 5) is 30.0. The molecule has 9 heteroatoms. The molecule has 7 nitrogen and oxygen atoms in total. The second kappa shape index (κ2) is 7.62. The monoisotopic (exact) mass is 457 g/mol. The number of fused-ring (bicyclic) bond motifs is 2. The minimum Gasteiger partial charge on any atom is -0.360 e. The molecule has 0 bridgehead atoms. The Morgan fingerprint density at radius 2 is 1.79 bits per heavy atom. The zero-order valence-electron chi connectivity index (χ0n) is 18.2. The van der Waals surface area contributed by atoms with Gasteiger partial charge in [-0.1, -0.05) is 5.16 Å². The van der Waals surface area contributed by atoms with Crippen molar-refractivity contribution in [1.82, 2.24) is 15.0 Å². The molecule has 4 aliphatic rings. The summed E-state index contributed by atoms with van der Waals surface area (Å²) in [5.41, 5.74) is 0.779. The molecule has 1 aromatic carbocycles. The Morgan fingerprint density at radius 3 is 2.55 bits per heavy atom.